The molecule has 5 heteroatoms. The van der Waals surface area contributed by atoms with Crippen molar-refractivity contribution in [2.75, 3.05) is 18.0 Å². The smallest absolute Gasteiger partial charge is 0.240 e. The van der Waals surface area contributed by atoms with Crippen molar-refractivity contribution >= 4 is 23.4 Å². The molecule has 2 atom stereocenters. The molecular weight excluding hydrogens is 378 g/mol. The number of aromatic nitrogens is 1. The monoisotopic (exact) mass is 403 g/mol. The Hall–Kier alpha value is -2.63. The third-order valence-corrected chi connectivity index (χ3v) is 6.36. The van der Waals surface area contributed by atoms with Gasteiger partial charge in [-0.3, -0.25) is 15.1 Å². The molecule has 0 saturated carbocycles. The Bertz CT molecular complexity index is 909. The minimum Gasteiger partial charge on any atom is -0.310 e. The number of pyridine rings is 1. The van der Waals surface area contributed by atoms with E-state index in [9.17, 15) is 4.79 Å². The average molecular weight is 404 g/mol. The number of carbonyl (C=O) groups excluding carboxylic acids is 1. The highest BCUT2D eigenvalue weighted by Gasteiger charge is 2.25. The van der Waals surface area contributed by atoms with Crippen molar-refractivity contribution in [1.82, 2.24) is 10.3 Å². The van der Waals surface area contributed by atoms with Gasteiger partial charge in [-0.15, -0.1) is 11.8 Å². The normalized spacial score (nSPS) is 17.3. The standard InChI is InChI=1S/C24H25N3OS/c1-18-14-16-27(21-12-5-6-13-22(21)29-18)23(28)17-26-24(19-9-3-2-4-10-19)20-11-7-8-15-25-20/h2-13,15,18,24,26H,14,16-17H2,1H3. The lowest BCUT2D eigenvalue weighted by molar-refractivity contribution is -0.117. The van der Waals surface area contributed by atoms with Crippen LogP contribution < -0.4 is 10.2 Å². The molecule has 1 N–H and O–H groups in total. The summed E-state index contributed by atoms with van der Waals surface area (Å²) < 4.78 is 0. The van der Waals surface area contributed by atoms with E-state index in [0.717, 1.165) is 29.9 Å². The summed E-state index contributed by atoms with van der Waals surface area (Å²) in [4.78, 5) is 20.8. The molecular formula is C24H25N3OS. The number of hydrogen-bond donors (Lipinski definition) is 1. The number of rotatable bonds is 5. The molecule has 0 saturated heterocycles. The second-order valence-electron chi connectivity index (χ2n) is 7.21. The zero-order valence-corrected chi connectivity index (χ0v) is 17.3. The van der Waals surface area contributed by atoms with Crippen LogP contribution in [0.2, 0.25) is 0 Å². The van der Waals surface area contributed by atoms with E-state index in [0.29, 0.717) is 5.25 Å². The summed E-state index contributed by atoms with van der Waals surface area (Å²) in [5, 5.41) is 3.94. The third kappa shape index (κ3) is 4.69. The van der Waals surface area contributed by atoms with E-state index in [1.165, 1.54) is 4.90 Å². The predicted molar refractivity (Wildman–Crippen MR) is 119 cm³/mol. The molecule has 1 aromatic heterocycles. The van der Waals surface area contributed by atoms with Gasteiger partial charge in [-0.25, -0.2) is 0 Å². The zero-order chi connectivity index (χ0) is 20.1. The van der Waals surface area contributed by atoms with Crippen LogP contribution in [0, 0.1) is 0 Å². The van der Waals surface area contributed by atoms with E-state index in [2.05, 4.69) is 35.4 Å². The molecule has 3 aromatic rings. The Labute approximate surface area is 176 Å². The van der Waals surface area contributed by atoms with Crippen molar-refractivity contribution in [1.29, 1.82) is 0 Å². The number of thioether (sulfide) groups is 1. The minimum absolute atomic E-state index is 0.0870. The van der Waals surface area contributed by atoms with Crippen LogP contribution in [0.1, 0.15) is 30.6 Å². The van der Waals surface area contributed by atoms with Gasteiger partial charge >= 0.3 is 0 Å². The lowest BCUT2D eigenvalue weighted by Gasteiger charge is -2.25. The average Bonchev–Trinajstić information content (AvgIpc) is 2.93. The number of amides is 1. The Balaban J connectivity index is 1.54. The van der Waals surface area contributed by atoms with E-state index in [-0.39, 0.29) is 18.5 Å². The van der Waals surface area contributed by atoms with Crippen LogP contribution in [0.3, 0.4) is 0 Å². The van der Waals surface area contributed by atoms with Gasteiger partial charge in [0.15, 0.2) is 0 Å². The number of benzene rings is 2. The van der Waals surface area contributed by atoms with Crippen molar-refractivity contribution in [3.63, 3.8) is 0 Å². The molecule has 0 bridgehead atoms. The van der Waals surface area contributed by atoms with Crippen LogP contribution in [-0.4, -0.2) is 29.2 Å². The molecule has 29 heavy (non-hydrogen) atoms. The maximum Gasteiger partial charge on any atom is 0.240 e. The van der Waals surface area contributed by atoms with Crippen LogP contribution in [-0.2, 0) is 4.79 Å². The predicted octanol–water partition coefficient (Wildman–Crippen LogP) is 4.68. The van der Waals surface area contributed by atoms with E-state index in [1.807, 2.05) is 71.3 Å². The second-order valence-corrected chi connectivity index (χ2v) is 8.69. The van der Waals surface area contributed by atoms with Crippen molar-refractivity contribution < 1.29 is 4.79 Å². The number of para-hydroxylation sites is 1. The molecule has 0 radical (unpaired) electrons. The highest BCUT2D eigenvalue weighted by molar-refractivity contribution is 8.00. The Morgan fingerprint density at radius 3 is 2.66 bits per heavy atom. The molecule has 2 aromatic carbocycles. The Morgan fingerprint density at radius 2 is 1.86 bits per heavy atom. The van der Waals surface area contributed by atoms with Gasteiger partial charge < -0.3 is 4.90 Å². The molecule has 1 amide bonds. The summed E-state index contributed by atoms with van der Waals surface area (Å²) in [6, 6.07) is 24.1. The molecule has 4 nitrogen and oxygen atoms in total. The molecule has 0 fully saturated rings. The lowest BCUT2D eigenvalue weighted by Crippen LogP contribution is -2.40. The van der Waals surface area contributed by atoms with Crippen molar-refractivity contribution in [2.45, 2.75) is 29.5 Å². The first-order valence-corrected chi connectivity index (χ1v) is 10.9. The summed E-state index contributed by atoms with van der Waals surface area (Å²) in [7, 11) is 0. The van der Waals surface area contributed by atoms with Crippen LogP contribution in [0.4, 0.5) is 5.69 Å². The fourth-order valence-electron chi connectivity index (χ4n) is 3.62. The van der Waals surface area contributed by atoms with Crippen molar-refractivity contribution in [3.8, 4) is 0 Å². The van der Waals surface area contributed by atoms with Gasteiger partial charge in [0.2, 0.25) is 5.91 Å². The maximum atomic E-state index is 13.2. The topological polar surface area (TPSA) is 45.2 Å². The third-order valence-electron chi connectivity index (χ3n) is 5.12. The molecule has 0 aliphatic carbocycles. The lowest BCUT2D eigenvalue weighted by atomic mass is 10.0. The van der Waals surface area contributed by atoms with Gasteiger partial charge in [0.25, 0.3) is 0 Å². The van der Waals surface area contributed by atoms with Gasteiger partial charge in [0.1, 0.15) is 0 Å². The Kier molecular flexibility index (Phi) is 6.27. The number of anilines is 1. The number of hydrogen-bond acceptors (Lipinski definition) is 4. The maximum absolute atomic E-state index is 13.2. The SMILES string of the molecule is CC1CCN(C(=O)CNC(c2ccccc2)c2ccccn2)c2ccccc2S1. The van der Waals surface area contributed by atoms with E-state index < -0.39 is 0 Å². The molecule has 2 heterocycles. The summed E-state index contributed by atoms with van der Waals surface area (Å²) in [5.41, 5.74) is 3.02. The van der Waals surface area contributed by atoms with Gasteiger partial charge in [0, 0.05) is 22.9 Å². The first kappa shape index (κ1) is 19.7. The summed E-state index contributed by atoms with van der Waals surface area (Å²) in [6.45, 7) is 3.22. The van der Waals surface area contributed by atoms with Crippen LogP contribution in [0.5, 0.6) is 0 Å². The second kappa shape index (κ2) is 9.25. The highest BCUT2D eigenvalue weighted by atomic mass is 32.2. The van der Waals surface area contributed by atoms with Crippen LogP contribution >= 0.6 is 11.8 Å². The van der Waals surface area contributed by atoms with Gasteiger partial charge in [-0.05, 0) is 36.2 Å². The number of fused-ring (bicyclic) bond motifs is 1. The molecule has 4 rings (SSSR count). The first-order chi connectivity index (χ1) is 14.2. The zero-order valence-electron chi connectivity index (χ0n) is 16.5. The van der Waals surface area contributed by atoms with Gasteiger partial charge in [-0.2, -0.15) is 0 Å². The van der Waals surface area contributed by atoms with Crippen LogP contribution in [0.15, 0.2) is 83.9 Å². The van der Waals surface area contributed by atoms with Gasteiger partial charge in [-0.1, -0.05) is 55.5 Å². The van der Waals surface area contributed by atoms with E-state index in [1.54, 1.807) is 6.20 Å². The summed E-state index contributed by atoms with van der Waals surface area (Å²) in [6.07, 6.45) is 2.77. The number of nitrogens with zero attached hydrogens (tertiary/aromatic N) is 2. The van der Waals surface area contributed by atoms with E-state index >= 15 is 0 Å². The number of carbonyl (C=O) groups is 1. The van der Waals surface area contributed by atoms with Gasteiger partial charge in [0.05, 0.1) is 24.0 Å². The molecule has 2 unspecified atom stereocenters. The molecule has 0 spiro atoms. The molecule has 1 aliphatic heterocycles. The summed E-state index contributed by atoms with van der Waals surface area (Å²) >= 11 is 1.85. The fraction of sp³-hybridized carbons (Fsp3) is 0.250. The van der Waals surface area contributed by atoms with Crippen molar-refractivity contribution in [2.24, 2.45) is 0 Å². The van der Waals surface area contributed by atoms with Crippen LogP contribution in [0.25, 0.3) is 0 Å². The first-order valence-electron chi connectivity index (χ1n) is 9.97. The molecule has 1 aliphatic rings. The molecule has 148 valence electrons. The summed E-state index contributed by atoms with van der Waals surface area (Å²) in [5.74, 6) is 0.0870. The fourth-order valence-corrected chi connectivity index (χ4v) is 4.73. The minimum atomic E-state index is -0.128. The van der Waals surface area contributed by atoms with Crippen molar-refractivity contribution in [3.05, 3.63) is 90.3 Å². The Morgan fingerprint density at radius 1 is 1.10 bits per heavy atom. The number of nitrogens with one attached hydrogen (secondary N) is 1. The quantitative estimate of drug-likeness (QED) is 0.672. The van der Waals surface area contributed by atoms with E-state index in [4.69, 9.17) is 0 Å². The largest absolute Gasteiger partial charge is 0.310 e. The highest BCUT2D eigenvalue weighted by Crippen LogP contribution is 2.37.